The molecule has 0 aliphatic rings. The number of allylic oxidation sites excluding steroid dienone is 2. The summed E-state index contributed by atoms with van der Waals surface area (Å²) in [4.78, 5) is 10.8. The molecule has 3 heteroatoms. The lowest BCUT2D eigenvalue weighted by Gasteiger charge is -1.96. The molecule has 0 saturated carbocycles. The van der Waals surface area contributed by atoms with Crippen molar-refractivity contribution in [3.05, 3.63) is 53.1 Å². The number of carbonyl (C=O) groups excluding carboxylic acids is 1. The van der Waals surface area contributed by atoms with E-state index in [0.717, 1.165) is 11.1 Å². The zero-order chi connectivity index (χ0) is 12.0. The second-order valence-electron chi connectivity index (χ2n) is 3.33. The van der Waals surface area contributed by atoms with Gasteiger partial charge in [-0.3, -0.25) is 4.79 Å². The van der Waals surface area contributed by atoms with Gasteiger partial charge in [-0.1, -0.05) is 36.4 Å². The molecule has 0 atom stereocenters. The van der Waals surface area contributed by atoms with Crippen LogP contribution in [0.4, 0.5) is 0 Å². The van der Waals surface area contributed by atoms with Crippen LogP contribution in [0, 0.1) is 11.3 Å². The first-order chi connectivity index (χ1) is 7.63. The maximum atomic E-state index is 10.8. The smallest absolute Gasteiger partial charge is 0.259 e. The Bertz CT molecular complexity index is 478. The third-order valence-electron chi connectivity index (χ3n) is 1.95. The van der Waals surface area contributed by atoms with Gasteiger partial charge in [0.05, 0.1) is 0 Å². The van der Waals surface area contributed by atoms with Gasteiger partial charge in [-0.15, -0.1) is 0 Å². The van der Waals surface area contributed by atoms with Gasteiger partial charge in [-0.25, -0.2) is 0 Å². The van der Waals surface area contributed by atoms with Gasteiger partial charge in [0, 0.05) is 0 Å². The molecule has 0 bridgehead atoms. The van der Waals surface area contributed by atoms with E-state index >= 15 is 0 Å². The van der Waals surface area contributed by atoms with Crippen molar-refractivity contribution in [3.63, 3.8) is 0 Å². The highest BCUT2D eigenvalue weighted by Crippen LogP contribution is 2.08. The quantitative estimate of drug-likeness (QED) is 0.473. The first-order valence-electron chi connectivity index (χ1n) is 4.78. The molecule has 80 valence electrons. The van der Waals surface area contributed by atoms with E-state index < -0.39 is 5.91 Å². The van der Waals surface area contributed by atoms with E-state index in [0.29, 0.717) is 0 Å². The average Bonchev–Trinajstić information content (AvgIpc) is 2.27. The first-order valence-corrected chi connectivity index (χ1v) is 4.78. The van der Waals surface area contributed by atoms with Crippen LogP contribution in [0.25, 0.3) is 6.08 Å². The maximum Gasteiger partial charge on any atom is 0.259 e. The molecule has 16 heavy (non-hydrogen) atoms. The summed E-state index contributed by atoms with van der Waals surface area (Å²) >= 11 is 0. The summed E-state index contributed by atoms with van der Waals surface area (Å²) in [6.07, 6.45) is 3.36. The summed E-state index contributed by atoms with van der Waals surface area (Å²) in [5.74, 6) is -0.705. The molecule has 1 amide bonds. The highest BCUT2D eigenvalue weighted by molar-refractivity contribution is 5.96. The number of nitrogens with zero attached hydrogens (tertiary/aromatic N) is 1. The lowest BCUT2D eigenvalue weighted by molar-refractivity contribution is -0.114. The molecule has 1 aromatic carbocycles. The monoisotopic (exact) mass is 212 g/mol. The van der Waals surface area contributed by atoms with Crippen molar-refractivity contribution in [2.24, 2.45) is 5.73 Å². The Morgan fingerprint density at radius 2 is 2.00 bits per heavy atom. The second kappa shape index (κ2) is 5.52. The van der Waals surface area contributed by atoms with E-state index in [2.05, 4.69) is 0 Å². The number of rotatable bonds is 3. The van der Waals surface area contributed by atoms with Crippen LogP contribution < -0.4 is 5.73 Å². The van der Waals surface area contributed by atoms with Gasteiger partial charge < -0.3 is 5.73 Å². The summed E-state index contributed by atoms with van der Waals surface area (Å²) in [7, 11) is 0. The fourth-order valence-electron chi connectivity index (χ4n) is 1.24. The lowest BCUT2D eigenvalue weighted by Crippen LogP contribution is -2.12. The van der Waals surface area contributed by atoms with E-state index in [1.807, 2.05) is 43.3 Å². The minimum atomic E-state index is -0.705. The number of benzene rings is 1. The van der Waals surface area contributed by atoms with Crippen molar-refractivity contribution in [3.8, 4) is 6.07 Å². The summed E-state index contributed by atoms with van der Waals surface area (Å²) in [5.41, 5.74) is 6.81. The normalized spacial score (nSPS) is 12.0. The van der Waals surface area contributed by atoms with Crippen LogP contribution in [-0.2, 0) is 4.79 Å². The zero-order valence-corrected chi connectivity index (χ0v) is 8.97. The molecule has 0 heterocycles. The summed E-state index contributed by atoms with van der Waals surface area (Å²) in [6, 6.07) is 11.4. The summed E-state index contributed by atoms with van der Waals surface area (Å²) in [6.45, 7) is 1.81. The molecular weight excluding hydrogens is 200 g/mol. The molecule has 2 N–H and O–H groups in total. The van der Waals surface area contributed by atoms with Gasteiger partial charge >= 0.3 is 0 Å². The molecule has 3 nitrogen and oxygen atoms in total. The van der Waals surface area contributed by atoms with Crippen molar-refractivity contribution in [2.75, 3.05) is 0 Å². The van der Waals surface area contributed by atoms with Crippen molar-refractivity contribution >= 4 is 12.0 Å². The molecule has 0 aliphatic carbocycles. The standard InChI is InChI=1S/C13H12N2O/c1-10(8-12(9-14)13(15)16)7-11-5-3-2-4-6-11/h2-8H,1H3,(H2,15,16)/b10-7+,12-8+. The van der Waals surface area contributed by atoms with E-state index in [1.54, 1.807) is 6.07 Å². The number of amides is 1. The molecule has 0 saturated heterocycles. The Labute approximate surface area is 94.5 Å². The zero-order valence-electron chi connectivity index (χ0n) is 8.97. The summed E-state index contributed by atoms with van der Waals surface area (Å²) in [5, 5.41) is 8.67. The molecule has 0 unspecified atom stereocenters. The van der Waals surface area contributed by atoms with Crippen LogP contribution in [0.1, 0.15) is 12.5 Å². The number of hydrogen-bond acceptors (Lipinski definition) is 2. The van der Waals surface area contributed by atoms with Crippen molar-refractivity contribution in [2.45, 2.75) is 6.92 Å². The third-order valence-corrected chi connectivity index (χ3v) is 1.95. The predicted octanol–water partition coefficient (Wildman–Crippen LogP) is 2.03. The van der Waals surface area contributed by atoms with Crippen molar-refractivity contribution in [1.82, 2.24) is 0 Å². The Balaban J connectivity index is 2.96. The van der Waals surface area contributed by atoms with Crippen LogP contribution in [0.3, 0.4) is 0 Å². The van der Waals surface area contributed by atoms with Crippen LogP contribution in [0.5, 0.6) is 0 Å². The topological polar surface area (TPSA) is 66.9 Å². The third kappa shape index (κ3) is 3.43. The Morgan fingerprint density at radius 3 is 2.50 bits per heavy atom. The SMILES string of the molecule is CC(=C\c1ccccc1)/C=C(\C#N)C(N)=O. The lowest BCUT2D eigenvalue weighted by atomic mass is 10.1. The van der Waals surface area contributed by atoms with E-state index in [4.69, 9.17) is 11.0 Å². The van der Waals surface area contributed by atoms with Crippen LogP contribution >= 0.6 is 0 Å². The van der Waals surface area contributed by atoms with E-state index in [-0.39, 0.29) is 5.57 Å². The molecule has 0 spiro atoms. The molecule has 0 aliphatic heterocycles. The average molecular weight is 212 g/mol. The molecule has 1 aromatic rings. The van der Waals surface area contributed by atoms with Gasteiger partial charge in [0.15, 0.2) is 0 Å². The largest absolute Gasteiger partial charge is 0.365 e. The predicted molar refractivity (Wildman–Crippen MR) is 63.0 cm³/mol. The Kier molecular flexibility index (Phi) is 4.05. The van der Waals surface area contributed by atoms with Gasteiger partial charge in [-0.05, 0) is 24.1 Å². The second-order valence-corrected chi connectivity index (χ2v) is 3.33. The number of nitriles is 1. The molecular formula is C13H12N2O. The fourth-order valence-corrected chi connectivity index (χ4v) is 1.24. The van der Waals surface area contributed by atoms with Crippen molar-refractivity contribution in [1.29, 1.82) is 5.26 Å². The molecule has 0 fully saturated rings. The van der Waals surface area contributed by atoms with Crippen LogP contribution in [0.2, 0.25) is 0 Å². The molecule has 0 radical (unpaired) electrons. The maximum absolute atomic E-state index is 10.8. The van der Waals surface area contributed by atoms with Gasteiger partial charge in [0.25, 0.3) is 5.91 Å². The molecule has 0 aromatic heterocycles. The Hall–Kier alpha value is -2.34. The highest BCUT2D eigenvalue weighted by atomic mass is 16.1. The minimum absolute atomic E-state index is 0.0373. The first kappa shape index (κ1) is 11.7. The van der Waals surface area contributed by atoms with Gasteiger partial charge in [-0.2, -0.15) is 5.26 Å². The summed E-state index contributed by atoms with van der Waals surface area (Å²) < 4.78 is 0. The highest BCUT2D eigenvalue weighted by Gasteiger charge is 2.02. The van der Waals surface area contributed by atoms with Crippen molar-refractivity contribution < 1.29 is 4.79 Å². The number of nitrogens with two attached hydrogens (primary N) is 1. The number of primary amides is 1. The minimum Gasteiger partial charge on any atom is -0.365 e. The number of hydrogen-bond donors (Lipinski definition) is 1. The van der Waals surface area contributed by atoms with E-state index in [9.17, 15) is 4.79 Å². The van der Waals surface area contributed by atoms with E-state index in [1.165, 1.54) is 6.08 Å². The van der Waals surface area contributed by atoms with Gasteiger partial charge in [0.1, 0.15) is 11.6 Å². The van der Waals surface area contributed by atoms with Crippen LogP contribution in [0.15, 0.2) is 47.6 Å². The van der Waals surface area contributed by atoms with Gasteiger partial charge in [0.2, 0.25) is 0 Å². The Morgan fingerprint density at radius 1 is 1.38 bits per heavy atom. The number of carbonyl (C=O) groups is 1. The van der Waals surface area contributed by atoms with Crippen LogP contribution in [-0.4, -0.2) is 5.91 Å². The molecule has 1 rings (SSSR count). The fraction of sp³-hybridized carbons (Fsp3) is 0.0769.